The molecule has 0 spiro atoms. The van der Waals surface area contributed by atoms with Crippen LogP contribution in [0.5, 0.6) is 11.6 Å². The van der Waals surface area contributed by atoms with Crippen molar-refractivity contribution in [1.82, 2.24) is 15.3 Å². The Balaban J connectivity index is 1.68. The van der Waals surface area contributed by atoms with Crippen molar-refractivity contribution < 1.29 is 14.1 Å². The SMILES string of the molecule is Cc1cccc(C)c1-c1cc2nc(n1)N[S+]([O-])c1cccc(c1)C(=O)NCc1cc(Cl)ccc1O2. The van der Waals surface area contributed by atoms with Gasteiger partial charge >= 0.3 is 0 Å². The third-order valence-electron chi connectivity index (χ3n) is 5.61. The first-order chi connectivity index (χ1) is 16.9. The van der Waals surface area contributed by atoms with Crippen LogP contribution in [0.15, 0.2) is 71.6 Å². The molecule has 4 bridgehead atoms. The number of ether oxygens (including phenoxy) is 1. The van der Waals surface area contributed by atoms with Gasteiger partial charge in [-0.1, -0.05) is 35.9 Å². The number of benzene rings is 3. The summed E-state index contributed by atoms with van der Waals surface area (Å²) in [6, 6.07) is 19.5. The molecule has 7 nitrogen and oxygen atoms in total. The summed E-state index contributed by atoms with van der Waals surface area (Å²) < 4.78 is 22.1. The minimum atomic E-state index is -1.71. The van der Waals surface area contributed by atoms with E-state index < -0.39 is 11.4 Å². The Bertz CT molecular complexity index is 1430. The average molecular weight is 505 g/mol. The van der Waals surface area contributed by atoms with Gasteiger partial charge in [-0.2, -0.15) is 9.71 Å². The van der Waals surface area contributed by atoms with Crippen molar-refractivity contribution in [3.63, 3.8) is 0 Å². The molecule has 3 aromatic carbocycles. The molecule has 9 heteroatoms. The quantitative estimate of drug-likeness (QED) is 0.328. The van der Waals surface area contributed by atoms with E-state index in [1.165, 1.54) is 0 Å². The standard InChI is InChI=1S/C26H21ClN4O3S/c1-15-5-3-6-16(2)24(15)21-13-23-30-26(29-21)31-35(33)20-8-4-7-17(12-20)25(32)28-14-18-11-19(27)9-10-22(18)34-23/h3-13H,14H2,1-2H3,(H,28,32)(H,29,30,31). The van der Waals surface area contributed by atoms with Gasteiger partial charge in [-0.05, 0) is 55.3 Å². The normalized spacial score (nSPS) is 15.2. The molecule has 1 unspecified atom stereocenters. The molecule has 1 aliphatic heterocycles. The van der Waals surface area contributed by atoms with Crippen molar-refractivity contribution in [2.75, 3.05) is 4.72 Å². The van der Waals surface area contributed by atoms with E-state index in [0.29, 0.717) is 32.5 Å². The van der Waals surface area contributed by atoms with Crippen molar-refractivity contribution >= 4 is 34.8 Å². The molecule has 0 aliphatic carbocycles. The maximum absolute atomic E-state index is 13.1. The van der Waals surface area contributed by atoms with Crippen molar-refractivity contribution in [2.45, 2.75) is 25.3 Å². The van der Waals surface area contributed by atoms with Crippen molar-refractivity contribution in [3.8, 4) is 22.9 Å². The van der Waals surface area contributed by atoms with Gasteiger partial charge in [0, 0.05) is 40.4 Å². The Morgan fingerprint density at radius 1 is 1.00 bits per heavy atom. The summed E-state index contributed by atoms with van der Waals surface area (Å²) in [4.78, 5) is 22.3. The number of hydrogen-bond donors (Lipinski definition) is 2. The van der Waals surface area contributed by atoms with E-state index in [1.807, 2.05) is 32.0 Å². The highest BCUT2D eigenvalue weighted by molar-refractivity contribution is 7.92. The van der Waals surface area contributed by atoms with Gasteiger partial charge in [0.1, 0.15) is 17.1 Å². The van der Waals surface area contributed by atoms with E-state index in [9.17, 15) is 9.35 Å². The van der Waals surface area contributed by atoms with Gasteiger partial charge in [0.05, 0.1) is 5.69 Å². The van der Waals surface area contributed by atoms with Crippen molar-refractivity contribution in [1.29, 1.82) is 0 Å². The Labute approximate surface area is 210 Å². The van der Waals surface area contributed by atoms with Gasteiger partial charge in [-0.25, -0.2) is 4.98 Å². The summed E-state index contributed by atoms with van der Waals surface area (Å²) in [7, 11) is 0. The van der Waals surface area contributed by atoms with Gasteiger partial charge in [-0.3, -0.25) is 4.79 Å². The second-order valence-electron chi connectivity index (χ2n) is 8.12. The Morgan fingerprint density at radius 3 is 2.57 bits per heavy atom. The number of aryl methyl sites for hydroxylation is 2. The fourth-order valence-corrected chi connectivity index (χ4v) is 4.95. The van der Waals surface area contributed by atoms with Crippen molar-refractivity contribution in [3.05, 3.63) is 94.0 Å². The molecule has 1 aliphatic rings. The number of rotatable bonds is 1. The molecule has 1 aromatic heterocycles. The number of anilines is 1. The Kier molecular flexibility index (Phi) is 6.34. The van der Waals surface area contributed by atoms with Crippen LogP contribution in [0.1, 0.15) is 27.0 Å². The lowest BCUT2D eigenvalue weighted by Crippen LogP contribution is -2.24. The highest BCUT2D eigenvalue weighted by atomic mass is 35.5. The molecule has 35 heavy (non-hydrogen) atoms. The number of nitrogens with zero attached hydrogens (tertiary/aromatic N) is 2. The van der Waals surface area contributed by atoms with Gasteiger partial charge in [-0.15, -0.1) is 0 Å². The summed E-state index contributed by atoms with van der Waals surface area (Å²) in [5.74, 6) is 0.580. The number of halogens is 1. The van der Waals surface area contributed by atoms with E-state index in [1.54, 1.807) is 48.5 Å². The molecule has 2 N–H and O–H groups in total. The molecular weight excluding hydrogens is 484 g/mol. The number of hydrogen-bond acceptors (Lipinski definition) is 6. The fraction of sp³-hybridized carbons (Fsp3) is 0.115. The predicted octanol–water partition coefficient (Wildman–Crippen LogP) is 5.58. The number of carbonyl (C=O) groups excluding carboxylic acids is 1. The second kappa shape index (κ2) is 9.58. The third-order valence-corrected chi connectivity index (χ3v) is 6.90. The lowest BCUT2D eigenvalue weighted by atomic mass is 10.00. The number of amides is 1. The topological polar surface area (TPSA) is 99.2 Å². The highest BCUT2D eigenvalue weighted by Crippen LogP contribution is 2.33. The maximum Gasteiger partial charge on any atom is 0.269 e. The van der Waals surface area contributed by atoms with Crippen molar-refractivity contribution in [2.24, 2.45) is 0 Å². The van der Waals surface area contributed by atoms with E-state index in [0.717, 1.165) is 16.7 Å². The maximum atomic E-state index is 13.1. The molecule has 1 atom stereocenters. The fourth-order valence-electron chi connectivity index (χ4n) is 3.94. The number of fused-ring (bicyclic) bond motifs is 5. The number of nitrogens with one attached hydrogen (secondary N) is 2. The van der Waals surface area contributed by atoms with Crippen LogP contribution < -0.4 is 14.8 Å². The molecule has 5 rings (SSSR count). The zero-order valence-electron chi connectivity index (χ0n) is 19.0. The molecule has 0 radical (unpaired) electrons. The van der Waals surface area contributed by atoms with Gasteiger partial charge < -0.3 is 14.6 Å². The predicted molar refractivity (Wildman–Crippen MR) is 136 cm³/mol. The minimum absolute atomic E-state index is 0.140. The van der Waals surface area contributed by atoms with E-state index >= 15 is 0 Å². The lowest BCUT2D eigenvalue weighted by Gasteiger charge is -2.17. The Hall–Kier alpha value is -3.59. The number of carbonyl (C=O) groups is 1. The smallest absolute Gasteiger partial charge is 0.269 e. The molecule has 0 saturated carbocycles. The number of aromatic nitrogens is 2. The molecule has 4 aromatic rings. The minimum Gasteiger partial charge on any atom is -0.588 e. The zero-order chi connectivity index (χ0) is 24.5. The van der Waals surface area contributed by atoms with E-state index in [4.69, 9.17) is 16.3 Å². The van der Waals surface area contributed by atoms with Gasteiger partial charge in [0.25, 0.3) is 11.9 Å². The van der Waals surface area contributed by atoms with Crippen LogP contribution in [0.3, 0.4) is 0 Å². The zero-order valence-corrected chi connectivity index (χ0v) is 20.5. The summed E-state index contributed by atoms with van der Waals surface area (Å²) in [6.07, 6.45) is 0. The largest absolute Gasteiger partial charge is 0.588 e. The molecule has 0 fully saturated rings. The summed E-state index contributed by atoms with van der Waals surface area (Å²) in [5, 5.41) is 3.39. The van der Waals surface area contributed by atoms with Crippen LogP contribution in [0.4, 0.5) is 5.95 Å². The van der Waals surface area contributed by atoms with E-state index in [-0.39, 0.29) is 24.3 Å². The Morgan fingerprint density at radius 2 is 1.77 bits per heavy atom. The van der Waals surface area contributed by atoms with Crippen LogP contribution in [-0.4, -0.2) is 20.4 Å². The third kappa shape index (κ3) is 4.95. The van der Waals surface area contributed by atoms with Crippen LogP contribution in [0.25, 0.3) is 11.3 Å². The highest BCUT2D eigenvalue weighted by Gasteiger charge is 2.20. The van der Waals surface area contributed by atoms with Crippen LogP contribution in [-0.2, 0) is 17.9 Å². The molecular formula is C26H21ClN4O3S. The first kappa shape index (κ1) is 23.2. The summed E-state index contributed by atoms with van der Waals surface area (Å²) in [5.41, 5.74) is 4.72. The molecule has 1 amide bonds. The second-order valence-corrected chi connectivity index (χ2v) is 9.77. The van der Waals surface area contributed by atoms with Crippen LogP contribution >= 0.6 is 11.6 Å². The average Bonchev–Trinajstić information content (AvgIpc) is 2.83. The molecule has 176 valence electrons. The van der Waals surface area contributed by atoms with Crippen LogP contribution in [0.2, 0.25) is 5.02 Å². The summed E-state index contributed by atoms with van der Waals surface area (Å²) >= 11 is 4.52. The van der Waals surface area contributed by atoms with Crippen LogP contribution in [0, 0.1) is 13.8 Å². The van der Waals surface area contributed by atoms with E-state index in [2.05, 4.69) is 20.0 Å². The lowest BCUT2D eigenvalue weighted by molar-refractivity contribution is 0.0950. The summed E-state index contributed by atoms with van der Waals surface area (Å²) in [6.45, 7) is 4.20. The molecule has 0 saturated heterocycles. The van der Waals surface area contributed by atoms with Gasteiger partial charge in [0.15, 0.2) is 4.90 Å². The van der Waals surface area contributed by atoms with Gasteiger partial charge in [0.2, 0.25) is 5.88 Å². The molecule has 2 heterocycles. The monoisotopic (exact) mass is 504 g/mol. The first-order valence-corrected chi connectivity index (χ1v) is 12.4. The first-order valence-electron chi connectivity index (χ1n) is 10.9.